The number of nitriles is 1. The predicted molar refractivity (Wildman–Crippen MR) is 149 cm³/mol. The van der Waals surface area contributed by atoms with Crippen molar-refractivity contribution in [3.05, 3.63) is 80.4 Å². The number of hydrogen-bond acceptors (Lipinski definition) is 7. The molecule has 3 heterocycles. The third kappa shape index (κ3) is 6.00. The lowest BCUT2D eigenvalue weighted by molar-refractivity contribution is -0.137. The molecule has 1 aliphatic rings. The smallest absolute Gasteiger partial charge is 0.307 e. The Morgan fingerprint density at radius 3 is 2.67 bits per heavy atom. The highest BCUT2D eigenvalue weighted by Gasteiger charge is 2.46. The van der Waals surface area contributed by atoms with E-state index in [9.17, 15) is 19.6 Å². The van der Waals surface area contributed by atoms with Crippen LogP contribution in [0, 0.1) is 30.6 Å². The summed E-state index contributed by atoms with van der Waals surface area (Å²) >= 11 is 6.24. The van der Waals surface area contributed by atoms with Gasteiger partial charge >= 0.3 is 5.56 Å². The summed E-state index contributed by atoms with van der Waals surface area (Å²) in [5, 5.41) is 19.3. The number of H-pyrrole nitrogens is 1. The van der Waals surface area contributed by atoms with Crippen molar-refractivity contribution in [3.8, 4) is 17.7 Å². The van der Waals surface area contributed by atoms with Crippen LogP contribution in [-0.2, 0) is 4.79 Å². The van der Waals surface area contributed by atoms with Crippen LogP contribution >= 0.6 is 11.6 Å². The molecule has 3 atom stereocenters. The number of pyridine rings is 1. The molecule has 1 aliphatic heterocycles. The molecule has 1 saturated heterocycles. The summed E-state index contributed by atoms with van der Waals surface area (Å²) < 4.78 is 5.64. The molecule has 208 valence electrons. The van der Waals surface area contributed by atoms with Gasteiger partial charge < -0.3 is 15.0 Å². The van der Waals surface area contributed by atoms with Crippen molar-refractivity contribution in [2.45, 2.75) is 65.6 Å². The average molecular weight is 563 g/mol. The minimum absolute atomic E-state index is 0.0363. The number of aromatic amines is 1. The van der Waals surface area contributed by atoms with Crippen LogP contribution in [0.25, 0.3) is 0 Å². The lowest BCUT2D eigenvalue weighted by Gasteiger charge is -2.38. The van der Waals surface area contributed by atoms with E-state index >= 15 is 0 Å². The average Bonchev–Trinajstić information content (AvgIpc) is 3.37. The zero-order valence-electron chi connectivity index (χ0n) is 23.0. The first-order valence-corrected chi connectivity index (χ1v) is 13.3. The number of likely N-dealkylation sites (tertiary alicyclic amines) is 1. The molecular weight excluding hydrogens is 532 g/mol. The molecule has 1 aromatic carbocycles. The Labute approximate surface area is 237 Å². The fourth-order valence-corrected chi connectivity index (χ4v) is 5.16. The maximum Gasteiger partial charge on any atom is 0.307 e. The van der Waals surface area contributed by atoms with Crippen molar-refractivity contribution in [2.75, 3.05) is 0 Å². The minimum atomic E-state index is -0.876. The van der Waals surface area contributed by atoms with E-state index in [4.69, 9.17) is 16.3 Å². The first-order valence-electron chi connectivity index (χ1n) is 12.9. The van der Waals surface area contributed by atoms with Crippen molar-refractivity contribution in [2.24, 2.45) is 5.41 Å². The van der Waals surface area contributed by atoms with Crippen LogP contribution < -0.4 is 15.6 Å². The zero-order chi connectivity index (χ0) is 29.2. The van der Waals surface area contributed by atoms with Crippen LogP contribution in [0.5, 0.6) is 11.6 Å². The Balaban J connectivity index is 1.53. The van der Waals surface area contributed by atoms with Gasteiger partial charge in [-0.05, 0) is 71.2 Å². The summed E-state index contributed by atoms with van der Waals surface area (Å²) in [5.74, 6) is -0.578. The van der Waals surface area contributed by atoms with Gasteiger partial charge in [0.05, 0.1) is 34.8 Å². The number of ether oxygens (including phenoxy) is 1. The second kappa shape index (κ2) is 11.5. The van der Waals surface area contributed by atoms with Crippen LogP contribution in [0.1, 0.15) is 66.8 Å². The SMILES string of the molecule is Cc1cc(Oc2ncc(C(=O)NC(C)C(=O)N3[C@H](c4cccc(Cl)c4)CC[C@@H]3C(C)(C)C#N)cc2C)c(=O)[nH]n1. The number of amides is 2. The molecule has 40 heavy (non-hydrogen) atoms. The third-order valence-corrected chi connectivity index (χ3v) is 7.34. The van der Waals surface area contributed by atoms with Crippen molar-refractivity contribution < 1.29 is 14.3 Å². The third-order valence-electron chi connectivity index (χ3n) is 7.11. The fourth-order valence-electron chi connectivity index (χ4n) is 4.96. The van der Waals surface area contributed by atoms with Crippen molar-refractivity contribution in [3.63, 3.8) is 0 Å². The van der Waals surface area contributed by atoms with E-state index in [-0.39, 0.29) is 35.2 Å². The molecule has 0 saturated carbocycles. The molecule has 2 aromatic heterocycles. The highest BCUT2D eigenvalue weighted by Crippen LogP contribution is 2.43. The number of carbonyl (C=O) groups excluding carboxylic acids is 2. The van der Waals surface area contributed by atoms with Gasteiger partial charge in [0.2, 0.25) is 11.8 Å². The first kappa shape index (κ1) is 28.8. The molecule has 11 heteroatoms. The highest BCUT2D eigenvalue weighted by atomic mass is 35.5. The summed E-state index contributed by atoms with van der Waals surface area (Å²) in [7, 11) is 0. The quantitative estimate of drug-likeness (QED) is 0.427. The predicted octanol–water partition coefficient (Wildman–Crippen LogP) is 4.63. The van der Waals surface area contributed by atoms with Gasteiger partial charge in [0.25, 0.3) is 5.91 Å². The Hall–Kier alpha value is -4.23. The number of hydrogen-bond donors (Lipinski definition) is 2. The van der Waals surface area contributed by atoms with Gasteiger partial charge in [0.1, 0.15) is 6.04 Å². The normalized spacial score (nSPS) is 17.7. The maximum absolute atomic E-state index is 13.8. The molecule has 1 unspecified atom stereocenters. The van der Waals surface area contributed by atoms with E-state index in [1.165, 1.54) is 12.3 Å². The van der Waals surface area contributed by atoms with Crippen molar-refractivity contribution in [1.82, 2.24) is 25.4 Å². The molecule has 4 rings (SSSR count). The molecule has 10 nitrogen and oxygen atoms in total. The molecule has 0 spiro atoms. The summed E-state index contributed by atoms with van der Waals surface area (Å²) in [6.45, 7) is 8.67. The van der Waals surface area contributed by atoms with Crippen LogP contribution in [0.3, 0.4) is 0 Å². The molecule has 2 amide bonds. The summed E-state index contributed by atoms with van der Waals surface area (Å²) in [5.41, 5.74) is 0.908. The number of aromatic nitrogens is 3. The standard InChI is InChI=1S/C29H31ClN6O4/c1-16-11-20(14-32-27(16)40-23-12-17(2)34-35-26(23)38)25(37)33-18(3)28(39)36-22(19-7-6-8-21(30)13-19)9-10-24(36)29(4,5)15-31/h6-8,11-14,18,22,24H,9-10H2,1-5H3,(H,33,37)(H,35,38)/t18?,22-,24+/m0/s1. The van der Waals surface area contributed by atoms with Gasteiger partial charge in [-0.2, -0.15) is 10.4 Å². The number of benzene rings is 1. The largest absolute Gasteiger partial charge is 0.433 e. The van der Waals surface area contributed by atoms with E-state index in [1.807, 2.05) is 32.0 Å². The van der Waals surface area contributed by atoms with Crippen LogP contribution in [-0.4, -0.2) is 44.0 Å². The maximum atomic E-state index is 13.8. The van der Waals surface area contributed by atoms with Gasteiger partial charge in [-0.15, -0.1) is 0 Å². The second-order valence-corrected chi connectivity index (χ2v) is 11.0. The summed E-state index contributed by atoms with van der Waals surface area (Å²) in [6.07, 6.45) is 2.64. The molecule has 0 bridgehead atoms. The number of rotatable bonds is 7. The van der Waals surface area contributed by atoms with E-state index in [2.05, 4.69) is 26.6 Å². The Kier molecular flexibility index (Phi) is 8.26. The summed E-state index contributed by atoms with van der Waals surface area (Å²) in [4.78, 5) is 44.9. The van der Waals surface area contributed by atoms with Crippen LogP contribution in [0.15, 0.2) is 47.4 Å². The Morgan fingerprint density at radius 1 is 1.25 bits per heavy atom. The van der Waals surface area contributed by atoms with Gasteiger partial charge in [0, 0.05) is 22.8 Å². The van der Waals surface area contributed by atoms with Crippen LogP contribution in [0.4, 0.5) is 0 Å². The Morgan fingerprint density at radius 2 is 2.00 bits per heavy atom. The van der Waals surface area contributed by atoms with E-state index in [0.29, 0.717) is 29.1 Å². The number of nitrogens with one attached hydrogen (secondary N) is 2. The van der Waals surface area contributed by atoms with Gasteiger partial charge in [-0.3, -0.25) is 14.4 Å². The van der Waals surface area contributed by atoms with Gasteiger partial charge in [0.15, 0.2) is 5.75 Å². The number of nitrogens with zero attached hydrogens (tertiary/aromatic N) is 4. The zero-order valence-corrected chi connectivity index (χ0v) is 23.7. The van der Waals surface area contributed by atoms with Crippen LogP contribution in [0.2, 0.25) is 5.02 Å². The van der Waals surface area contributed by atoms with E-state index in [0.717, 1.165) is 5.56 Å². The van der Waals surface area contributed by atoms with Gasteiger partial charge in [-0.1, -0.05) is 23.7 Å². The molecule has 0 aliphatic carbocycles. The highest BCUT2D eigenvalue weighted by molar-refractivity contribution is 6.30. The van der Waals surface area contributed by atoms with E-state index in [1.54, 1.807) is 37.8 Å². The molecule has 1 fully saturated rings. The number of carbonyl (C=O) groups is 2. The minimum Gasteiger partial charge on any atom is -0.433 e. The monoisotopic (exact) mass is 562 g/mol. The lowest BCUT2D eigenvalue weighted by atomic mass is 9.84. The van der Waals surface area contributed by atoms with Crippen molar-refractivity contribution >= 4 is 23.4 Å². The second-order valence-electron chi connectivity index (χ2n) is 10.6. The lowest BCUT2D eigenvalue weighted by Crippen LogP contribution is -2.52. The molecule has 3 aromatic rings. The van der Waals surface area contributed by atoms with Gasteiger partial charge in [-0.25, -0.2) is 10.1 Å². The summed E-state index contributed by atoms with van der Waals surface area (Å²) in [6, 6.07) is 11.3. The number of halogens is 1. The van der Waals surface area contributed by atoms with Crippen molar-refractivity contribution in [1.29, 1.82) is 5.26 Å². The molecule has 2 N–H and O–H groups in total. The topological polar surface area (TPSA) is 141 Å². The number of aryl methyl sites for hydroxylation is 2. The molecular formula is C29H31ClN6O4. The van der Waals surface area contributed by atoms with E-state index < -0.39 is 22.9 Å². The first-order chi connectivity index (χ1) is 18.9. The molecule has 0 radical (unpaired) electrons. The Bertz CT molecular complexity index is 1550. The fraction of sp³-hybridized carbons (Fsp3) is 0.379.